The van der Waals surface area contributed by atoms with Gasteiger partial charge in [0.25, 0.3) is 5.56 Å². The second kappa shape index (κ2) is 5.31. The number of nitrogens with one attached hydrogen (secondary N) is 2. The van der Waals surface area contributed by atoms with Crippen LogP contribution in [-0.2, 0) is 15.6 Å². The van der Waals surface area contributed by atoms with Crippen LogP contribution in [-0.4, -0.2) is 23.4 Å². The molecule has 0 saturated heterocycles. The Balaban J connectivity index is 1.88. The van der Waals surface area contributed by atoms with Crippen LogP contribution in [0.25, 0.3) is 21.8 Å². The van der Waals surface area contributed by atoms with Crippen molar-refractivity contribution in [1.29, 1.82) is 0 Å². The van der Waals surface area contributed by atoms with Crippen molar-refractivity contribution in [2.45, 2.75) is 10.6 Å². The Morgan fingerprint density at radius 1 is 1.00 bits per heavy atom. The van der Waals surface area contributed by atoms with Crippen molar-refractivity contribution in [1.82, 2.24) is 15.0 Å². The Bertz CT molecular complexity index is 1210. The van der Waals surface area contributed by atoms with Crippen LogP contribution in [0.1, 0.15) is 5.56 Å². The number of fused-ring (bicyclic) bond motifs is 3. The van der Waals surface area contributed by atoms with Gasteiger partial charge < -0.3 is 9.97 Å². The summed E-state index contributed by atoms with van der Waals surface area (Å²) in [7, 11) is -3.50. The fourth-order valence-corrected chi connectivity index (χ4v) is 4.17. The monoisotopic (exact) mass is 339 g/mol. The van der Waals surface area contributed by atoms with Gasteiger partial charge in [0.15, 0.2) is 9.84 Å². The van der Waals surface area contributed by atoms with Gasteiger partial charge in [0.05, 0.1) is 10.6 Å². The summed E-state index contributed by atoms with van der Waals surface area (Å²) < 4.78 is 25.4. The minimum absolute atomic E-state index is 0.0966. The van der Waals surface area contributed by atoms with Gasteiger partial charge in [-0.25, -0.2) is 8.42 Å². The molecule has 1 aromatic carbocycles. The molecule has 120 valence electrons. The third kappa shape index (κ3) is 2.39. The Morgan fingerprint density at radius 3 is 2.58 bits per heavy atom. The van der Waals surface area contributed by atoms with Crippen LogP contribution in [0.3, 0.4) is 0 Å². The number of H-pyrrole nitrogens is 2. The van der Waals surface area contributed by atoms with Crippen LogP contribution in [0.15, 0.2) is 64.7 Å². The lowest BCUT2D eigenvalue weighted by atomic mass is 10.1. The fraction of sp³-hybridized carbons (Fsp3) is 0.0588. The summed E-state index contributed by atoms with van der Waals surface area (Å²) in [4.78, 5) is 21.7. The van der Waals surface area contributed by atoms with Gasteiger partial charge in [-0.15, -0.1) is 0 Å². The highest BCUT2D eigenvalue weighted by Crippen LogP contribution is 2.25. The number of aromatic amines is 2. The summed E-state index contributed by atoms with van der Waals surface area (Å²) in [5, 5.41) is 1.40. The number of benzene rings is 1. The average molecular weight is 339 g/mol. The first-order valence-electron chi connectivity index (χ1n) is 7.29. The Hall–Kier alpha value is -2.93. The van der Waals surface area contributed by atoms with E-state index in [2.05, 4.69) is 15.0 Å². The van der Waals surface area contributed by atoms with Crippen molar-refractivity contribution in [2.24, 2.45) is 0 Å². The van der Waals surface area contributed by atoms with Crippen LogP contribution in [0, 0.1) is 0 Å². The zero-order valence-electron chi connectivity index (χ0n) is 12.5. The molecule has 3 heterocycles. The molecule has 4 rings (SSSR count). The van der Waals surface area contributed by atoms with E-state index in [4.69, 9.17) is 0 Å². The molecule has 0 fully saturated rings. The van der Waals surface area contributed by atoms with E-state index in [0.29, 0.717) is 27.4 Å². The first-order chi connectivity index (χ1) is 11.5. The zero-order valence-corrected chi connectivity index (χ0v) is 13.3. The molecule has 6 nitrogen and oxygen atoms in total. The fourth-order valence-electron chi connectivity index (χ4n) is 2.80. The van der Waals surface area contributed by atoms with E-state index in [1.165, 1.54) is 6.07 Å². The molecule has 24 heavy (non-hydrogen) atoms. The molecule has 0 aliphatic rings. The highest BCUT2D eigenvalue weighted by atomic mass is 32.2. The Labute approximate surface area is 137 Å². The standard InChI is InChI=1S/C17H13N3O3S/c21-17-16-13(5-8-19-16)14-9-12(1-2-15(14)20-17)24(22,23)10-11-3-6-18-7-4-11/h1-9,19H,10H2,(H,20,21). The predicted octanol–water partition coefficient (Wildman–Crippen LogP) is 2.38. The maximum absolute atomic E-state index is 12.7. The van der Waals surface area contributed by atoms with Crippen LogP contribution < -0.4 is 5.56 Å². The number of aromatic nitrogens is 3. The van der Waals surface area contributed by atoms with Crippen molar-refractivity contribution in [3.05, 3.63) is 70.9 Å². The van der Waals surface area contributed by atoms with E-state index >= 15 is 0 Å². The lowest BCUT2D eigenvalue weighted by Gasteiger charge is -2.07. The highest BCUT2D eigenvalue weighted by Gasteiger charge is 2.17. The molecule has 0 amide bonds. The summed E-state index contributed by atoms with van der Waals surface area (Å²) in [6, 6.07) is 9.89. The van der Waals surface area contributed by atoms with Crippen molar-refractivity contribution in [2.75, 3.05) is 0 Å². The summed E-state index contributed by atoms with van der Waals surface area (Å²) >= 11 is 0. The summed E-state index contributed by atoms with van der Waals surface area (Å²) in [6.07, 6.45) is 4.80. The number of hydrogen-bond donors (Lipinski definition) is 2. The lowest BCUT2D eigenvalue weighted by Crippen LogP contribution is -2.08. The van der Waals surface area contributed by atoms with Crippen LogP contribution in [0.2, 0.25) is 0 Å². The smallest absolute Gasteiger partial charge is 0.272 e. The second-order valence-corrected chi connectivity index (χ2v) is 7.53. The van der Waals surface area contributed by atoms with E-state index in [1.54, 1.807) is 48.9 Å². The highest BCUT2D eigenvalue weighted by molar-refractivity contribution is 7.90. The molecule has 0 saturated carbocycles. The van der Waals surface area contributed by atoms with E-state index in [1.807, 2.05) is 0 Å². The summed E-state index contributed by atoms with van der Waals surface area (Å²) in [5.74, 6) is -0.0966. The van der Waals surface area contributed by atoms with E-state index in [-0.39, 0.29) is 16.2 Å². The third-order valence-electron chi connectivity index (χ3n) is 3.97. The lowest BCUT2D eigenvalue weighted by molar-refractivity contribution is 0.595. The van der Waals surface area contributed by atoms with E-state index < -0.39 is 9.84 Å². The first-order valence-corrected chi connectivity index (χ1v) is 8.95. The number of sulfone groups is 1. The average Bonchev–Trinajstić information content (AvgIpc) is 3.06. The van der Waals surface area contributed by atoms with Crippen molar-refractivity contribution < 1.29 is 8.42 Å². The molecule has 4 aromatic rings. The van der Waals surface area contributed by atoms with Gasteiger partial charge in [-0.05, 0) is 42.0 Å². The largest absolute Gasteiger partial charge is 0.357 e. The first kappa shape index (κ1) is 14.6. The second-order valence-electron chi connectivity index (χ2n) is 5.54. The Kier molecular flexibility index (Phi) is 3.24. The molecule has 0 atom stereocenters. The topological polar surface area (TPSA) is 95.7 Å². The zero-order chi connectivity index (χ0) is 16.7. The van der Waals surface area contributed by atoms with Crippen LogP contribution in [0.4, 0.5) is 0 Å². The number of nitrogens with zero attached hydrogens (tertiary/aromatic N) is 1. The summed E-state index contributed by atoms with van der Waals surface area (Å²) in [6.45, 7) is 0. The maximum atomic E-state index is 12.7. The Morgan fingerprint density at radius 2 is 1.79 bits per heavy atom. The molecule has 2 N–H and O–H groups in total. The van der Waals surface area contributed by atoms with Gasteiger partial charge in [-0.1, -0.05) is 0 Å². The SMILES string of the molecule is O=c1[nH]c2ccc(S(=O)(=O)Cc3ccncc3)cc2c2cc[nH]c12. The van der Waals surface area contributed by atoms with Gasteiger partial charge in [0.2, 0.25) is 0 Å². The van der Waals surface area contributed by atoms with Gasteiger partial charge in [0.1, 0.15) is 5.52 Å². The molecule has 0 unspecified atom stereocenters. The molecule has 0 aliphatic heterocycles. The molecular formula is C17H13N3O3S. The predicted molar refractivity (Wildman–Crippen MR) is 91.6 cm³/mol. The van der Waals surface area contributed by atoms with E-state index in [9.17, 15) is 13.2 Å². The van der Waals surface area contributed by atoms with Crippen LogP contribution >= 0.6 is 0 Å². The molecule has 0 bridgehead atoms. The quantitative estimate of drug-likeness (QED) is 0.599. The number of rotatable bonds is 3. The van der Waals surface area contributed by atoms with Crippen molar-refractivity contribution in [3.63, 3.8) is 0 Å². The normalized spacial score (nSPS) is 12.0. The molecule has 0 radical (unpaired) electrons. The molecule has 0 aliphatic carbocycles. The third-order valence-corrected chi connectivity index (χ3v) is 5.65. The number of pyridine rings is 2. The molecular weight excluding hydrogens is 326 g/mol. The van der Waals surface area contributed by atoms with Gasteiger partial charge in [-0.2, -0.15) is 0 Å². The molecule has 0 spiro atoms. The maximum Gasteiger partial charge on any atom is 0.272 e. The number of hydrogen-bond acceptors (Lipinski definition) is 4. The van der Waals surface area contributed by atoms with Crippen LogP contribution in [0.5, 0.6) is 0 Å². The minimum atomic E-state index is -3.50. The van der Waals surface area contributed by atoms with Crippen molar-refractivity contribution >= 4 is 31.6 Å². The van der Waals surface area contributed by atoms with E-state index in [0.717, 1.165) is 0 Å². The molecule has 3 aromatic heterocycles. The summed E-state index contributed by atoms with van der Waals surface area (Å²) in [5.41, 5.74) is 1.49. The molecule has 7 heteroatoms. The minimum Gasteiger partial charge on any atom is -0.357 e. The van der Waals surface area contributed by atoms with Gasteiger partial charge in [-0.3, -0.25) is 9.78 Å². The van der Waals surface area contributed by atoms with Gasteiger partial charge in [0, 0.05) is 34.9 Å². The van der Waals surface area contributed by atoms with Crippen molar-refractivity contribution in [3.8, 4) is 0 Å². The van der Waals surface area contributed by atoms with Gasteiger partial charge >= 0.3 is 0 Å².